The van der Waals surface area contributed by atoms with Gasteiger partial charge >= 0.3 is 0 Å². The molecule has 1 amide bonds. The molecule has 0 radical (unpaired) electrons. The Hall–Kier alpha value is -2.93. The van der Waals surface area contributed by atoms with E-state index >= 15 is 0 Å². The van der Waals surface area contributed by atoms with Crippen LogP contribution in [-0.2, 0) is 17.6 Å². The summed E-state index contributed by atoms with van der Waals surface area (Å²) < 4.78 is 21.9. The molecule has 2 aromatic carbocycles. The van der Waals surface area contributed by atoms with Crippen LogP contribution >= 0.6 is 0 Å². The summed E-state index contributed by atoms with van der Waals surface area (Å²) in [5.41, 5.74) is 8.95. The number of primary amides is 1. The average molecular weight is 415 g/mol. The van der Waals surface area contributed by atoms with Crippen molar-refractivity contribution in [1.82, 2.24) is 4.90 Å². The molecule has 2 aromatic rings. The van der Waals surface area contributed by atoms with Gasteiger partial charge in [-0.25, -0.2) is 0 Å². The molecule has 1 atom stereocenters. The van der Waals surface area contributed by atoms with Gasteiger partial charge in [-0.05, 0) is 53.8 Å². The summed E-state index contributed by atoms with van der Waals surface area (Å²) in [6.45, 7) is 1.45. The van der Waals surface area contributed by atoms with Gasteiger partial charge in [0.15, 0.2) is 23.0 Å². The Morgan fingerprint density at radius 2 is 1.60 bits per heavy atom. The highest BCUT2D eigenvalue weighted by Gasteiger charge is 2.29. The van der Waals surface area contributed by atoms with Crippen LogP contribution in [-0.4, -0.2) is 52.3 Å². The van der Waals surface area contributed by atoms with Crippen LogP contribution in [0.15, 0.2) is 30.3 Å². The number of carbonyl (C=O) groups excluding carboxylic acids is 1. The summed E-state index contributed by atoms with van der Waals surface area (Å²) in [5.74, 6) is 2.53. The molecule has 2 N–H and O–H groups in total. The number of hydrogen-bond acceptors (Lipinski definition) is 6. The number of rotatable bonds is 9. The number of carbonyl (C=O) groups is 1. The summed E-state index contributed by atoms with van der Waals surface area (Å²) >= 11 is 0. The zero-order valence-electron chi connectivity index (χ0n) is 18.1. The van der Waals surface area contributed by atoms with E-state index in [0.29, 0.717) is 30.2 Å². The van der Waals surface area contributed by atoms with Crippen molar-refractivity contribution in [1.29, 1.82) is 0 Å². The standard InChI is InChI=1S/C23H30N2O5/c1-27-19-6-5-15(12-20(19)28-2)11-18-17-14-22(30-4)21(29-3)13-16(17)7-9-25(18)10-8-23(24)26/h5-6,12-14,18H,7-11H2,1-4H3,(H2,24,26). The van der Waals surface area contributed by atoms with Crippen LogP contribution < -0.4 is 24.7 Å². The van der Waals surface area contributed by atoms with Crippen LogP contribution in [0, 0.1) is 0 Å². The predicted molar refractivity (Wildman–Crippen MR) is 115 cm³/mol. The number of hydrogen-bond donors (Lipinski definition) is 1. The van der Waals surface area contributed by atoms with Gasteiger partial charge in [0.1, 0.15) is 0 Å². The maximum Gasteiger partial charge on any atom is 0.218 e. The molecule has 1 aliphatic rings. The second-order valence-corrected chi connectivity index (χ2v) is 7.32. The zero-order valence-corrected chi connectivity index (χ0v) is 18.1. The Kier molecular flexibility index (Phi) is 7.05. The molecular weight excluding hydrogens is 384 g/mol. The average Bonchev–Trinajstić information content (AvgIpc) is 2.77. The molecule has 7 nitrogen and oxygen atoms in total. The fraction of sp³-hybridized carbons (Fsp3) is 0.435. The monoisotopic (exact) mass is 414 g/mol. The van der Waals surface area contributed by atoms with E-state index in [1.807, 2.05) is 18.2 Å². The third-order valence-corrected chi connectivity index (χ3v) is 5.64. The minimum atomic E-state index is -0.294. The van der Waals surface area contributed by atoms with Crippen LogP contribution in [0.2, 0.25) is 0 Å². The van der Waals surface area contributed by atoms with Crippen molar-refractivity contribution in [2.75, 3.05) is 41.5 Å². The van der Waals surface area contributed by atoms with Gasteiger partial charge in [0.05, 0.1) is 28.4 Å². The van der Waals surface area contributed by atoms with Gasteiger partial charge in [0.25, 0.3) is 0 Å². The van der Waals surface area contributed by atoms with E-state index in [0.717, 1.165) is 30.7 Å². The lowest BCUT2D eigenvalue weighted by Gasteiger charge is -2.38. The number of ether oxygens (including phenoxy) is 4. The Bertz CT molecular complexity index is 899. The quantitative estimate of drug-likeness (QED) is 0.679. The normalized spacial score (nSPS) is 15.9. The second kappa shape index (κ2) is 9.71. The molecule has 1 heterocycles. The van der Waals surface area contributed by atoms with Gasteiger partial charge in [-0.3, -0.25) is 9.69 Å². The van der Waals surface area contributed by atoms with Crippen molar-refractivity contribution in [3.63, 3.8) is 0 Å². The summed E-state index contributed by atoms with van der Waals surface area (Å²) in [6, 6.07) is 10.1. The molecular formula is C23H30N2O5. The van der Waals surface area contributed by atoms with Crippen molar-refractivity contribution in [2.45, 2.75) is 25.3 Å². The minimum Gasteiger partial charge on any atom is -0.493 e. The number of nitrogens with two attached hydrogens (primary N) is 1. The number of nitrogens with zero attached hydrogens (tertiary/aromatic N) is 1. The summed E-state index contributed by atoms with van der Waals surface area (Å²) in [4.78, 5) is 13.7. The zero-order chi connectivity index (χ0) is 21.7. The molecule has 0 aromatic heterocycles. The topological polar surface area (TPSA) is 83.3 Å². The maximum absolute atomic E-state index is 11.4. The first-order valence-electron chi connectivity index (χ1n) is 9.98. The molecule has 0 fully saturated rings. The van der Waals surface area contributed by atoms with Gasteiger partial charge in [0, 0.05) is 25.6 Å². The number of amides is 1. The van der Waals surface area contributed by atoms with E-state index in [2.05, 4.69) is 17.0 Å². The molecule has 3 rings (SSSR count). The van der Waals surface area contributed by atoms with E-state index in [1.54, 1.807) is 28.4 Å². The Morgan fingerprint density at radius 1 is 0.967 bits per heavy atom. The maximum atomic E-state index is 11.4. The van der Waals surface area contributed by atoms with Crippen molar-refractivity contribution < 1.29 is 23.7 Å². The van der Waals surface area contributed by atoms with Gasteiger partial charge in [-0.1, -0.05) is 6.07 Å². The molecule has 30 heavy (non-hydrogen) atoms. The highest BCUT2D eigenvalue weighted by atomic mass is 16.5. The summed E-state index contributed by atoms with van der Waals surface area (Å²) in [5, 5.41) is 0. The van der Waals surface area contributed by atoms with Crippen LogP contribution in [0.1, 0.15) is 29.2 Å². The highest BCUT2D eigenvalue weighted by molar-refractivity contribution is 5.73. The fourth-order valence-electron chi connectivity index (χ4n) is 4.07. The SMILES string of the molecule is COc1ccc(CC2c3cc(OC)c(OC)cc3CCN2CCC(N)=O)cc1OC. The van der Waals surface area contributed by atoms with E-state index in [-0.39, 0.29) is 11.9 Å². The highest BCUT2D eigenvalue weighted by Crippen LogP contribution is 2.40. The first-order chi connectivity index (χ1) is 14.5. The molecule has 1 unspecified atom stereocenters. The van der Waals surface area contributed by atoms with E-state index in [4.69, 9.17) is 24.7 Å². The van der Waals surface area contributed by atoms with E-state index in [9.17, 15) is 4.79 Å². The molecule has 1 aliphatic heterocycles. The lowest BCUT2D eigenvalue weighted by atomic mass is 9.88. The van der Waals surface area contributed by atoms with Crippen LogP contribution in [0.25, 0.3) is 0 Å². The van der Waals surface area contributed by atoms with Gasteiger partial charge in [0.2, 0.25) is 5.91 Å². The van der Waals surface area contributed by atoms with E-state index in [1.165, 1.54) is 11.1 Å². The third-order valence-electron chi connectivity index (χ3n) is 5.64. The third kappa shape index (κ3) is 4.62. The molecule has 0 bridgehead atoms. The lowest BCUT2D eigenvalue weighted by Crippen LogP contribution is -2.38. The molecule has 0 spiro atoms. The number of methoxy groups -OCH3 is 4. The second-order valence-electron chi connectivity index (χ2n) is 7.32. The Balaban J connectivity index is 1.99. The molecule has 0 saturated carbocycles. The lowest BCUT2D eigenvalue weighted by molar-refractivity contribution is -0.118. The van der Waals surface area contributed by atoms with Crippen LogP contribution in [0.5, 0.6) is 23.0 Å². The first-order valence-corrected chi connectivity index (χ1v) is 9.98. The van der Waals surface area contributed by atoms with E-state index < -0.39 is 0 Å². The molecule has 7 heteroatoms. The summed E-state index contributed by atoms with van der Waals surface area (Å²) in [7, 11) is 6.54. The molecule has 0 saturated heterocycles. The number of benzene rings is 2. The summed E-state index contributed by atoms with van der Waals surface area (Å²) in [6.07, 6.45) is 1.95. The van der Waals surface area contributed by atoms with Gasteiger partial charge < -0.3 is 24.7 Å². The molecule has 162 valence electrons. The fourth-order valence-corrected chi connectivity index (χ4v) is 4.07. The van der Waals surface area contributed by atoms with Crippen LogP contribution in [0.3, 0.4) is 0 Å². The van der Waals surface area contributed by atoms with Gasteiger partial charge in [-0.2, -0.15) is 0 Å². The first kappa shape index (κ1) is 21.8. The molecule has 0 aliphatic carbocycles. The number of fused-ring (bicyclic) bond motifs is 1. The van der Waals surface area contributed by atoms with Gasteiger partial charge in [-0.15, -0.1) is 0 Å². The largest absolute Gasteiger partial charge is 0.493 e. The van der Waals surface area contributed by atoms with Crippen LogP contribution in [0.4, 0.5) is 0 Å². The van der Waals surface area contributed by atoms with Crippen molar-refractivity contribution in [3.05, 3.63) is 47.0 Å². The van der Waals surface area contributed by atoms with Crippen molar-refractivity contribution in [3.8, 4) is 23.0 Å². The van der Waals surface area contributed by atoms with Crippen molar-refractivity contribution >= 4 is 5.91 Å². The predicted octanol–water partition coefficient (Wildman–Crippen LogP) is 2.74. The minimum absolute atomic E-state index is 0.0750. The Morgan fingerprint density at radius 3 is 2.23 bits per heavy atom. The smallest absolute Gasteiger partial charge is 0.218 e. The Labute approximate surface area is 177 Å². The van der Waals surface area contributed by atoms with Crippen molar-refractivity contribution in [2.24, 2.45) is 5.73 Å².